The summed E-state index contributed by atoms with van der Waals surface area (Å²) >= 11 is 0. The van der Waals surface area contributed by atoms with Gasteiger partial charge in [-0.1, -0.05) is 30.3 Å². The van der Waals surface area contributed by atoms with Gasteiger partial charge < -0.3 is 14.5 Å². The maximum Gasteiger partial charge on any atom is 0.231 e. The molecule has 0 bridgehead atoms. The molecule has 1 aliphatic rings. The van der Waals surface area contributed by atoms with Gasteiger partial charge in [0.1, 0.15) is 5.82 Å². The summed E-state index contributed by atoms with van der Waals surface area (Å²) < 4.78 is 10.8. The molecule has 3 aromatic rings. The van der Waals surface area contributed by atoms with Crippen molar-refractivity contribution < 1.29 is 9.47 Å². The molecule has 0 radical (unpaired) electrons. The first-order chi connectivity index (χ1) is 10.8. The second-order valence-corrected chi connectivity index (χ2v) is 5.56. The van der Waals surface area contributed by atoms with Gasteiger partial charge in [-0.2, -0.15) is 0 Å². The average Bonchev–Trinajstić information content (AvgIpc) is 3.10. The molecule has 2 heterocycles. The minimum Gasteiger partial charge on any atom is -0.454 e. The standard InChI is InChI=1S/C17H17N3O2/c1-20(9-12-5-3-2-4-6-12)10-17-18-13-7-15-16(22-11-21-15)8-14(13)19-17/h2-8H,9-11H2,1H3,(H,18,19). The van der Waals surface area contributed by atoms with Gasteiger partial charge in [-0.25, -0.2) is 4.98 Å². The third kappa shape index (κ3) is 2.51. The number of aromatic nitrogens is 2. The van der Waals surface area contributed by atoms with Crippen molar-refractivity contribution in [1.82, 2.24) is 14.9 Å². The molecule has 4 rings (SSSR count). The summed E-state index contributed by atoms with van der Waals surface area (Å²) in [6.07, 6.45) is 0. The van der Waals surface area contributed by atoms with Gasteiger partial charge >= 0.3 is 0 Å². The lowest BCUT2D eigenvalue weighted by atomic mass is 10.2. The van der Waals surface area contributed by atoms with Crippen LogP contribution in [-0.2, 0) is 13.1 Å². The van der Waals surface area contributed by atoms with E-state index in [1.165, 1.54) is 5.56 Å². The molecular weight excluding hydrogens is 278 g/mol. The number of rotatable bonds is 4. The van der Waals surface area contributed by atoms with Crippen LogP contribution in [0.3, 0.4) is 0 Å². The van der Waals surface area contributed by atoms with Gasteiger partial charge in [-0.3, -0.25) is 4.90 Å². The van der Waals surface area contributed by atoms with Crippen LogP contribution in [0.1, 0.15) is 11.4 Å². The van der Waals surface area contributed by atoms with Crippen molar-refractivity contribution >= 4 is 11.0 Å². The van der Waals surface area contributed by atoms with Crippen LogP contribution < -0.4 is 9.47 Å². The number of ether oxygens (including phenoxy) is 2. The average molecular weight is 295 g/mol. The van der Waals surface area contributed by atoms with Crippen LogP contribution in [0.15, 0.2) is 42.5 Å². The molecule has 0 spiro atoms. The fourth-order valence-corrected chi connectivity index (χ4v) is 2.73. The Morgan fingerprint density at radius 1 is 1.09 bits per heavy atom. The first-order valence-corrected chi connectivity index (χ1v) is 7.28. The van der Waals surface area contributed by atoms with E-state index in [1.807, 2.05) is 18.2 Å². The highest BCUT2D eigenvalue weighted by Gasteiger charge is 2.16. The lowest BCUT2D eigenvalue weighted by Crippen LogP contribution is -2.17. The Balaban J connectivity index is 1.52. The monoisotopic (exact) mass is 295 g/mol. The first kappa shape index (κ1) is 13.2. The van der Waals surface area contributed by atoms with Crippen molar-refractivity contribution in [3.63, 3.8) is 0 Å². The highest BCUT2D eigenvalue weighted by Crippen LogP contribution is 2.35. The maximum absolute atomic E-state index is 5.40. The molecule has 0 saturated heterocycles. The molecule has 22 heavy (non-hydrogen) atoms. The highest BCUT2D eigenvalue weighted by molar-refractivity contribution is 5.80. The van der Waals surface area contributed by atoms with Crippen LogP contribution in [-0.4, -0.2) is 28.7 Å². The largest absolute Gasteiger partial charge is 0.454 e. The molecule has 5 nitrogen and oxygen atoms in total. The van der Waals surface area contributed by atoms with Crippen molar-refractivity contribution in [3.8, 4) is 11.5 Å². The van der Waals surface area contributed by atoms with Crippen molar-refractivity contribution in [2.24, 2.45) is 0 Å². The SMILES string of the molecule is CN(Cc1ccccc1)Cc1nc2cc3c(cc2[nH]1)OCO3. The highest BCUT2D eigenvalue weighted by atomic mass is 16.7. The zero-order chi connectivity index (χ0) is 14.9. The van der Waals surface area contributed by atoms with Crippen LogP contribution in [0.5, 0.6) is 11.5 Å². The second-order valence-electron chi connectivity index (χ2n) is 5.56. The summed E-state index contributed by atoms with van der Waals surface area (Å²) in [4.78, 5) is 10.2. The summed E-state index contributed by atoms with van der Waals surface area (Å²) in [5.41, 5.74) is 3.18. The maximum atomic E-state index is 5.40. The summed E-state index contributed by atoms with van der Waals surface area (Å²) in [7, 11) is 2.09. The van der Waals surface area contributed by atoms with Crippen molar-refractivity contribution in [2.45, 2.75) is 13.1 Å². The molecular formula is C17H17N3O2. The zero-order valence-corrected chi connectivity index (χ0v) is 12.4. The van der Waals surface area contributed by atoms with Crippen molar-refractivity contribution in [1.29, 1.82) is 0 Å². The summed E-state index contributed by atoms with van der Waals surface area (Å²) in [6, 6.07) is 14.3. The van der Waals surface area contributed by atoms with Gasteiger partial charge in [0.15, 0.2) is 11.5 Å². The molecule has 0 amide bonds. The van der Waals surface area contributed by atoms with Gasteiger partial charge in [0.05, 0.1) is 17.6 Å². The van der Waals surface area contributed by atoms with Gasteiger partial charge in [-0.15, -0.1) is 0 Å². The molecule has 0 aliphatic carbocycles. The Hall–Kier alpha value is -2.53. The third-order valence-electron chi connectivity index (χ3n) is 3.74. The number of hydrogen-bond acceptors (Lipinski definition) is 4. The number of fused-ring (bicyclic) bond motifs is 2. The summed E-state index contributed by atoms with van der Waals surface area (Å²) in [6.45, 7) is 1.94. The van der Waals surface area contributed by atoms with Gasteiger partial charge in [0, 0.05) is 18.7 Å². The van der Waals surface area contributed by atoms with E-state index in [9.17, 15) is 0 Å². The predicted octanol–water partition coefficient (Wildman–Crippen LogP) is 2.92. The number of imidazole rings is 1. The smallest absolute Gasteiger partial charge is 0.231 e. The number of benzene rings is 2. The molecule has 0 atom stereocenters. The Morgan fingerprint density at radius 2 is 1.86 bits per heavy atom. The van der Waals surface area contributed by atoms with E-state index in [0.29, 0.717) is 0 Å². The van der Waals surface area contributed by atoms with Crippen LogP contribution in [0, 0.1) is 0 Å². The van der Waals surface area contributed by atoms with Crippen LogP contribution in [0.25, 0.3) is 11.0 Å². The Bertz CT molecular complexity index is 757. The Morgan fingerprint density at radius 3 is 2.68 bits per heavy atom. The summed E-state index contributed by atoms with van der Waals surface area (Å²) in [5.74, 6) is 2.49. The number of nitrogens with zero attached hydrogens (tertiary/aromatic N) is 2. The van der Waals surface area contributed by atoms with Crippen LogP contribution >= 0.6 is 0 Å². The van der Waals surface area contributed by atoms with E-state index in [1.54, 1.807) is 0 Å². The molecule has 1 N–H and O–H groups in total. The van der Waals surface area contributed by atoms with E-state index in [0.717, 1.165) is 41.4 Å². The quantitative estimate of drug-likeness (QED) is 0.804. The van der Waals surface area contributed by atoms with E-state index in [-0.39, 0.29) is 6.79 Å². The molecule has 1 aromatic heterocycles. The van der Waals surface area contributed by atoms with Crippen LogP contribution in [0.2, 0.25) is 0 Å². The number of nitrogens with one attached hydrogen (secondary N) is 1. The van der Waals surface area contributed by atoms with E-state index in [4.69, 9.17) is 9.47 Å². The topological polar surface area (TPSA) is 50.4 Å². The second kappa shape index (κ2) is 5.35. The normalized spacial score (nSPS) is 13.2. The van der Waals surface area contributed by atoms with E-state index < -0.39 is 0 Å². The van der Waals surface area contributed by atoms with E-state index >= 15 is 0 Å². The fraction of sp³-hybridized carbons (Fsp3) is 0.235. The summed E-state index contributed by atoms with van der Waals surface area (Å²) in [5, 5.41) is 0. The molecule has 112 valence electrons. The molecule has 5 heteroatoms. The minimum absolute atomic E-state index is 0.286. The zero-order valence-electron chi connectivity index (χ0n) is 12.4. The first-order valence-electron chi connectivity index (χ1n) is 7.28. The minimum atomic E-state index is 0.286. The van der Waals surface area contributed by atoms with Crippen molar-refractivity contribution in [3.05, 3.63) is 53.9 Å². The molecule has 0 saturated carbocycles. The van der Waals surface area contributed by atoms with Crippen LogP contribution in [0.4, 0.5) is 0 Å². The Kier molecular flexibility index (Phi) is 3.20. The number of hydrogen-bond donors (Lipinski definition) is 1. The molecule has 0 fully saturated rings. The van der Waals surface area contributed by atoms with Gasteiger partial charge in [-0.05, 0) is 12.6 Å². The third-order valence-corrected chi connectivity index (χ3v) is 3.74. The lowest BCUT2D eigenvalue weighted by Gasteiger charge is -2.14. The van der Waals surface area contributed by atoms with E-state index in [2.05, 4.69) is 46.2 Å². The Labute approximate surface area is 128 Å². The van der Waals surface area contributed by atoms with Gasteiger partial charge in [0.2, 0.25) is 6.79 Å². The van der Waals surface area contributed by atoms with Crippen molar-refractivity contribution in [2.75, 3.05) is 13.8 Å². The molecule has 1 aliphatic heterocycles. The fourth-order valence-electron chi connectivity index (χ4n) is 2.73. The number of H-pyrrole nitrogens is 1. The predicted molar refractivity (Wildman–Crippen MR) is 83.8 cm³/mol. The molecule has 2 aromatic carbocycles. The number of aromatic amines is 1. The van der Waals surface area contributed by atoms with Gasteiger partial charge in [0.25, 0.3) is 0 Å². The lowest BCUT2D eigenvalue weighted by molar-refractivity contribution is 0.174. The molecule has 0 unspecified atom stereocenters.